The summed E-state index contributed by atoms with van der Waals surface area (Å²) in [5, 5.41) is 0.376. The second kappa shape index (κ2) is 7.22. The zero-order valence-corrected chi connectivity index (χ0v) is 13.7. The molecule has 0 aliphatic rings. The van der Waals surface area contributed by atoms with Crippen LogP contribution in [0.5, 0.6) is 5.75 Å². The molecule has 3 nitrogen and oxygen atoms in total. The van der Waals surface area contributed by atoms with Gasteiger partial charge < -0.3 is 4.74 Å². The summed E-state index contributed by atoms with van der Waals surface area (Å²) in [7, 11) is 1.60. The SMILES string of the molecule is COc1ccc(C(Cc2ccc(Cl)cc2F)NN)cc1Br. The number of nitrogens with two attached hydrogens (primary N) is 1. The van der Waals surface area contributed by atoms with Crippen molar-refractivity contribution in [3.05, 3.63) is 62.8 Å². The van der Waals surface area contributed by atoms with Crippen LogP contribution in [0, 0.1) is 5.82 Å². The monoisotopic (exact) mass is 372 g/mol. The lowest BCUT2D eigenvalue weighted by molar-refractivity contribution is 0.411. The highest BCUT2D eigenvalue weighted by molar-refractivity contribution is 9.10. The summed E-state index contributed by atoms with van der Waals surface area (Å²) in [6.07, 6.45) is 0.415. The number of nitrogens with one attached hydrogen (secondary N) is 1. The predicted molar refractivity (Wildman–Crippen MR) is 85.9 cm³/mol. The van der Waals surface area contributed by atoms with Crippen LogP contribution in [0.4, 0.5) is 4.39 Å². The molecule has 0 heterocycles. The molecule has 0 aliphatic heterocycles. The number of hydrazine groups is 1. The Labute approximate surface area is 136 Å². The molecule has 6 heteroatoms. The second-order valence-electron chi connectivity index (χ2n) is 4.55. The molecule has 0 aliphatic carbocycles. The van der Waals surface area contributed by atoms with Crippen LogP contribution < -0.4 is 16.0 Å². The summed E-state index contributed by atoms with van der Waals surface area (Å²) < 4.78 is 19.9. The zero-order valence-electron chi connectivity index (χ0n) is 11.4. The molecule has 0 aromatic heterocycles. The molecule has 0 radical (unpaired) electrons. The van der Waals surface area contributed by atoms with Crippen LogP contribution in [0.1, 0.15) is 17.2 Å². The van der Waals surface area contributed by atoms with Crippen LogP contribution in [-0.4, -0.2) is 7.11 Å². The average Bonchev–Trinajstić information content (AvgIpc) is 2.46. The fourth-order valence-electron chi connectivity index (χ4n) is 2.08. The average molecular weight is 374 g/mol. The summed E-state index contributed by atoms with van der Waals surface area (Å²) in [6, 6.07) is 10.0. The van der Waals surface area contributed by atoms with Crippen molar-refractivity contribution in [1.82, 2.24) is 5.43 Å². The lowest BCUT2D eigenvalue weighted by atomic mass is 9.99. The van der Waals surface area contributed by atoms with Crippen LogP contribution in [0.3, 0.4) is 0 Å². The minimum atomic E-state index is -0.338. The van der Waals surface area contributed by atoms with E-state index in [9.17, 15) is 4.39 Å². The number of hydrogen-bond donors (Lipinski definition) is 2. The van der Waals surface area contributed by atoms with Crippen molar-refractivity contribution < 1.29 is 9.13 Å². The van der Waals surface area contributed by atoms with Crippen LogP contribution in [0.2, 0.25) is 5.02 Å². The molecule has 2 aromatic carbocycles. The van der Waals surface area contributed by atoms with Gasteiger partial charge in [-0.15, -0.1) is 0 Å². The summed E-state index contributed by atoms with van der Waals surface area (Å²) in [5.41, 5.74) is 4.19. The predicted octanol–water partition coefficient (Wildman–Crippen LogP) is 4.00. The van der Waals surface area contributed by atoms with Gasteiger partial charge in [0, 0.05) is 5.02 Å². The Kier molecular flexibility index (Phi) is 5.58. The van der Waals surface area contributed by atoms with Gasteiger partial charge in [-0.1, -0.05) is 23.7 Å². The minimum absolute atomic E-state index is 0.220. The van der Waals surface area contributed by atoms with Gasteiger partial charge in [0.05, 0.1) is 17.6 Å². The van der Waals surface area contributed by atoms with E-state index in [1.807, 2.05) is 18.2 Å². The maximum Gasteiger partial charge on any atom is 0.133 e. The second-order valence-corrected chi connectivity index (χ2v) is 5.84. The summed E-state index contributed by atoms with van der Waals surface area (Å²) in [5.74, 6) is 6.00. The Morgan fingerprint density at radius 2 is 2.10 bits per heavy atom. The van der Waals surface area contributed by atoms with Crippen LogP contribution in [-0.2, 0) is 6.42 Å². The van der Waals surface area contributed by atoms with Crippen LogP contribution in [0.25, 0.3) is 0 Å². The van der Waals surface area contributed by atoms with Crippen molar-refractivity contribution in [2.45, 2.75) is 12.5 Å². The summed E-state index contributed by atoms with van der Waals surface area (Å²) >= 11 is 9.19. The molecule has 1 unspecified atom stereocenters. The molecule has 112 valence electrons. The van der Waals surface area contributed by atoms with Gasteiger partial charge in [-0.25, -0.2) is 4.39 Å². The van der Waals surface area contributed by atoms with E-state index >= 15 is 0 Å². The molecule has 21 heavy (non-hydrogen) atoms. The molecule has 3 N–H and O–H groups in total. The molecule has 0 spiro atoms. The van der Waals surface area contributed by atoms with E-state index in [2.05, 4.69) is 21.4 Å². The number of benzene rings is 2. The third kappa shape index (κ3) is 3.95. The lowest BCUT2D eigenvalue weighted by Crippen LogP contribution is -2.29. The maximum absolute atomic E-state index is 13.9. The van der Waals surface area contributed by atoms with E-state index in [-0.39, 0.29) is 11.9 Å². The van der Waals surface area contributed by atoms with Gasteiger partial charge in [-0.3, -0.25) is 11.3 Å². The topological polar surface area (TPSA) is 47.3 Å². The van der Waals surface area contributed by atoms with E-state index in [1.165, 1.54) is 6.07 Å². The molecule has 0 amide bonds. The molecular formula is C15H15BrClFN2O. The third-order valence-electron chi connectivity index (χ3n) is 3.22. The normalized spacial score (nSPS) is 12.2. The quantitative estimate of drug-likeness (QED) is 0.615. The van der Waals surface area contributed by atoms with E-state index < -0.39 is 0 Å². The smallest absolute Gasteiger partial charge is 0.133 e. The van der Waals surface area contributed by atoms with Gasteiger partial charge >= 0.3 is 0 Å². The molecule has 1 atom stereocenters. The molecule has 0 saturated carbocycles. The summed E-state index contributed by atoms with van der Waals surface area (Å²) in [6.45, 7) is 0. The van der Waals surface area contributed by atoms with Gasteiger partial charge in [-0.05, 0) is 57.7 Å². The van der Waals surface area contributed by atoms with Crippen molar-refractivity contribution in [3.63, 3.8) is 0 Å². The van der Waals surface area contributed by atoms with Crippen LogP contribution >= 0.6 is 27.5 Å². The standard InChI is InChI=1S/C15H15BrClFN2O/c1-21-15-5-3-10(6-12(15)16)14(20-19)7-9-2-4-11(17)8-13(9)18/h2-6,8,14,20H,7,19H2,1H3. The Hall–Kier alpha value is -1.14. The molecule has 0 saturated heterocycles. The number of methoxy groups -OCH3 is 1. The Morgan fingerprint density at radius 1 is 1.33 bits per heavy atom. The number of ether oxygens (including phenoxy) is 1. The van der Waals surface area contributed by atoms with Gasteiger partial charge in [-0.2, -0.15) is 0 Å². The van der Waals surface area contributed by atoms with Gasteiger partial charge in [0.1, 0.15) is 11.6 Å². The first-order valence-corrected chi connectivity index (χ1v) is 7.45. The Morgan fingerprint density at radius 3 is 2.67 bits per heavy atom. The number of hydrogen-bond acceptors (Lipinski definition) is 3. The Bertz CT molecular complexity index is 639. The molecule has 2 rings (SSSR count). The van der Waals surface area contributed by atoms with Crippen molar-refractivity contribution in [1.29, 1.82) is 0 Å². The fraction of sp³-hybridized carbons (Fsp3) is 0.200. The molecular weight excluding hydrogens is 359 g/mol. The highest BCUT2D eigenvalue weighted by atomic mass is 79.9. The summed E-state index contributed by atoms with van der Waals surface area (Å²) in [4.78, 5) is 0. The van der Waals surface area contributed by atoms with Gasteiger partial charge in [0.15, 0.2) is 0 Å². The van der Waals surface area contributed by atoms with Gasteiger partial charge in [0.2, 0.25) is 0 Å². The lowest BCUT2D eigenvalue weighted by Gasteiger charge is -2.18. The van der Waals surface area contributed by atoms with E-state index in [0.717, 1.165) is 15.8 Å². The Balaban J connectivity index is 2.25. The molecule has 2 aromatic rings. The third-order valence-corrected chi connectivity index (χ3v) is 4.07. The van der Waals surface area contributed by atoms with E-state index in [4.69, 9.17) is 22.2 Å². The molecule has 0 bridgehead atoms. The zero-order chi connectivity index (χ0) is 15.4. The van der Waals surface area contributed by atoms with Crippen molar-refractivity contribution in [2.75, 3.05) is 7.11 Å². The minimum Gasteiger partial charge on any atom is -0.496 e. The number of rotatable bonds is 5. The fourth-order valence-corrected chi connectivity index (χ4v) is 2.80. The highest BCUT2D eigenvalue weighted by Gasteiger charge is 2.15. The largest absolute Gasteiger partial charge is 0.496 e. The van der Waals surface area contributed by atoms with E-state index in [0.29, 0.717) is 17.0 Å². The number of halogens is 3. The van der Waals surface area contributed by atoms with Gasteiger partial charge in [0.25, 0.3) is 0 Å². The molecule has 0 fully saturated rings. The van der Waals surface area contributed by atoms with Crippen molar-refractivity contribution in [3.8, 4) is 5.75 Å². The van der Waals surface area contributed by atoms with Crippen molar-refractivity contribution in [2.24, 2.45) is 5.84 Å². The maximum atomic E-state index is 13.9. The van der Waals surface area contributed by atoms with Crippen LogP contribution in [0.15, 0.2) is 40.9 Å². The first-order chi connectivity index (χ1) is 10.0. The van der Waals surface area contributed by atoms with E-state index in [1.54, 1.807) is 19.2 Å². The first kappa shape index (κ1) is 16.2. The first-order valence-electron chi connectivity index (χ1n) is 6.28. The van der Waals surface area contributed by atoms with Crippen molar-refractivity contribution >= 4 is 27.5 Å². The highest BCUT2D eigenvalue weighted by Crippen LogP contribution is 2.29.